The smallest absolute Gasteiger partial charge is 0.236 e. The molecule has 1 aliphatic rings. The highest BCUT2D eigenvalue weighted by molar-refractivity contribution is 6.07. The zero-order valence-electron chi connectivity index (χ0n) is 22.1. The lowest BCUT2D eigenvalue weighted by molar-refractivity contribution is -0.128. The van der Waals surface area contributed by atoms with Crippen LogP contribution in [-0.4, -0.2) is 11.7 Å². The normalized spacial score (nSPS) is 16.4. The molecular weight excluding hydrogens is 470 g/mol. The largest absolute Gasteiger partial charge is 0.489 e. The minimum Gasteiger partial charge on any atom is -0.489 e. The molecule has 4 nitrogen and oxygen atoms in total. The van der Waals surface area contributed by atoms with E-state index in [0.29, 0.717) is 12.2 Å². The molecule has 4 aromatic carbocycles. The lowest BCUT2D eigenvalue weighted by Crippen LogP contribution is -2.54. The first-order valence-corrected chi connectivity index (χ1v) is 13.0. The highest BCUT2D eigenvalue weighted by atomic mass is 16.5. The van der Waals surface area contributed by atoms with Crippen molar-refractivity contribution >= 4 is 17.4 Å². The average Bonchev–Trinajstić information content (AvgIpc) is 2.97. The maximum absolute atomic E-state index is 13.2. The van der Waals surface area contributed by atoms with Gasteiger partial charge in [0.15, 0.2) is 5.78 Å². The third-order valence-electron chi connectivity index (χ3n) is 6.40. The predicted octanol–water partition coefficient (Wildman–Crippen LogP) is 7.74. The van der Waals surface area contributed by atoms with E-state index in [-0.39, 0.29) is 17.7 Å². The highest BCUT2D eigenvalue weighted by Gasteiger charge is 2.47. The van der Waals surface area contributed by atoms with Gasteiger partial charge >= 0.3 is 0 Å². The number of hydrogen-bond acceptors (Lipinski definition) is 3. The molecule has 0 unspecified atom stereocenters. The molecule has 0 radical (unpaired) electrons. The van der Waals surface area contributed by atoms with E-state index in [2.05, 4.69) is 0 Å². The molecule has 5 rings (SSSR count). The number of ketones is 1. The number of para-hydroxylation sites is 1. The molecule has 38 heavy (non-hydrogen) atoms. The van der Waals surface area contributed by atoms with Crippen LogP contribution < -0.4 is 9.64 Å². The van der Waals surface area contributed by atoms with Gasteiger partial charge in [-0.3, -0.25) is 9.59 Å². The number of allylic oxidation sites excluding steroid dienone is 1. The van der Waals surface area contributed by atoms with Gasteiger partial charge in [0.25, 0.3) is 0 Å². The van der Waals surface area contributed by atoms with E-state index in [4.69, 9.17) is 4.74 Å². The number of nitrogens with zero attached hydrogens (tertiary/aromatic N) is 1. The van der Waals surface area contributed by atoms with Crippen LogP contribution in [0.15, 0.2) is 121 Å². The van der Waals surface area contributed by atoms with Gasteiger partial charge in [-0.25, -0.2) is 0 Å². The van der Waals surface area contributed by atoms with Crippen molar-refractivity contribution in [2.45, 2.75) is 33.4 Å². The third-order valence-corrected chi connectivity index (χ3v) is 6.40. The summed E-state index contributed by atoms with van der Waals surface area (Å²) in [7, 11) is 0. The molecule has 4 aromatic rings. The Labute approximate surface area is 225 Å². The predicted molar refractivity (Wildman–Crippen MR) is 153 cm³/mol. The number of β-lactam (4-membered cyclic amide) rings is 1. The SMILES string of the molecule is CC.Cc1cccc(C(=O)/C=C/[C@H]2C(=O)N(c3ccccc3)[C@@H]2c2ccc(OCc3ccccc3)cc2)c1. The Morgan fingerprint density at radius 2 is 1.50 bits per heavy atom. The summed E-state index contributed by atoms with van der Waals surface area (Å²) in [5.41, 5.74) is 4.57. The molecule has 1 saturated heterocycles. The number of rotatable bonds is 8. The minimum atomic E-state index is -0.421. The topological polar surface area (TPSA) is 46.6 Å². The summed E-state index contributed by atoms with van der Waals surface area (Å²) in [6.07, 6.45) is 3.28. The zero-order valence-corrected chi connectivity index (χ0v) is 22.1. The van der Waals surface area contributed by atoms with Crippen LogP contribution in [0.25, 0.3) is 0 Å². The molecule has 0 N–H and O–H groups in total. The molecule has 192 valence electrons. The number of anilines is 1. The molecule has 0 aliphatic carbocycles. The molecule has 0 saturated carbocycles. The van der Waals surface area contributed by atoms with E-state index in [1.54, 1.807) is 17.0 Å². The lowest BCUT2D eigenvalue weighted by Gasteiger charge is -2.46. The van der Waals surface area contributed by atoms with Gasteiger partial charge in [0, 0.05) is 11.3 Å². The van der Waals surface area contributed by atoms with Gasteiger partial charge in [-0.2, -0.15) is 0 Å². The van der Waals surface area contributed by atoms with Crippen molar-refractivity contribution in [3.05, 3.63) is 144 Å². The van der Waals surface area contributed by atoms with E-state index in [0.717, 1.165) is 28.1 Å². The first kappa shape index (κ1) is 26.6. The summed E-state index contributed by atoms with van der Waals surface area (Å²) in [5.74, 6) is 0.216. The van der Waals surface area contributed by atoms with Gasteiger partial charge in [0.2, 0.25) is 5.91 Å². The number of aryl methyl sites for hydroxylation is 1. The van der Waals surface area contributed by atoms with Gasteiger partial charge in [-0.05, 0) is 54.5 Å². The first-order valence-electron chi connectivity index (χ1n) is 13.0. The maximum atomic E-state index is 13.2. The van der Waals surface area contributed by atoms with Crippen LogP contribution >= 0.6 is 0 Å². The van der Waals surface area contributed by atoms with Gasteiger partial charge in [-0.15, -0.1) is 0 Å². The Kier molecular flexibility index (Phi) is 8.89. The molecule has 1 heterocycles. The number of hydrogen-bond donors (Lipinski definition) is 0. The summed E-state index contributed by atoms with van der Waals surface area (Å²) < 4.78 is 5.94. The number of carbonyl (C=O) groups is 2. The third kappa shape index (κ3) is 6.09. The summed E-state index contributed by atoms with van der Waals surface area (Å²) in [5, 5.41) is 0. The Morgan fingerprint density at radius 3 is 2.16 bits per heavy atom. The maximum Gasteiger partial charge on any atom is 0.236 e. The quantitative estimate of drug-likeness (QED) is 0.140. The number of amides is 1. The van der Waals surface area contributed by atoms with Crippen molar-refractivity contribution in [1.82, 2.24) is 0 Å². The van der Waals surface area contributed by atoms with E-state index < -0.39 is 5.92 Å². The van der Waals surface area contributed by atoms with E-state index in [1.807, 2.05) is 124 Å². The Hall–Kier alpha value is -4.44. The monoisotopic (exact) mass is 503 g/mol. The van der Waals surface area contributed by atoms with Crippen LogP contribution in [0.3, 0.4) is 0 Å². The summed E-state index contributed by atoms with van der Waals surface area (Å²) in [6.45, 7) is 6.45. The van der Waals surface area contributed by atoms with Gasteiger partial charge in [0.05, 0.1) is 12.0 Å². The van der Waals surface area contributed by atoms with Crippen LogP contribution in [0, 0.1) is 12.8 Å². The fourth-order valence-electron chi connectivity index (χ4n) is 4.52. The summed E-state index contributed by atoms with van der Waals surface area (Å²) >= 11 is 0. The average molecular weight is 504 g/mol. The Morgan fingerprint density at radius 1 is 0.842 bits per heavy atom. The van der Waals surface area contributed by atoms with E-state index in [9.17, 15) is 9.59 Å². The van der Waals surface area contributed by atoms with Crippen molar-refractivity contribution in [3.8, 4) is 5.75 Å². The number of ether oxygens (including phenoxy) is 1. The van der Waals surface area contributed by atoms with Crippen molar-refractivity contribution in [2.75, 3.05) is 4.90 Å². The van der Waals surface area contributed by atoms with Gasteiger partial charge < -0.3 is 9.64 Å². The first-order chi connectivity index (χ1) is 18.6. The molecule has 1 amide bonds. The lowest BCUT2D eigenvalue weighted by atomic mass is 9.81. The van der Waals surface area contributed by atoms with Gasteiger partial charge in [-0.1, -0.05) is 104 Å². The number of benzene rings is 4. The molecule has 0 aromatic heterocycles. The van der Waals surface area contributed by atoms with Crippen molar-refractivity contribution < 1.29 is 14.3 Å². The van der Waals surface area contributed by atoms with Crippen molar-refractivity contribution in [1.29, 1.82) is 0 Å². The van der Waals surface area contributed by atoms with Crippen LogP contribution in [0.1, 0.15) is 46.9 Å². The van der Waals surface area contributed by atoms with Crippen LogP contribution in [0.5, 0.6) is 5.75 Å². The number of carbonyl (C=O) groups excluding carboxylic acids is 2. The second-order valence-electron chi connectivity index (χ2n) is 8.95. The minimum absolute atomic E-state index is 0.0242. The van der Waals surface area contributed by atoms with Crippen molar-refractivity contribution in [2.24, 2.45) is 5.92 Å². The summed E-state index contributed by atoms with van der Waals surface area (Å²) in [4.78, 5) is 27.8. The molecule has 2 atom stereocenters. The summed E-state index contributed by atoms with van der Waals surface area (Å²) in [6, 6.07) is 34.8. The Balaban J connectivity index is 0.00000164. The standard InChI is InChI=1S/C32H27NO3.C2H6/c1-23-9-8-12-26(21-23)30(34)20-19-29-31(33(32(29)35)27-13-6-3-7-14-27)25-15-17-28(18-16-25)36-22-24-10-4-2-5-11-24;1-2/h2-21,29,31H,22H2,1H3;1-2H3/b20-19+;/t29-,31-;/m1./s1. The van der Waals surface area contributed by atoms with Gasteiger partial charge in [0.1, 0.15) is 12.4 Å². The molecule has 4 heteroatoms. The fraction of sp³-hybridized carbons (Fsp3) is 0.176. The molecule has 0 bridgehead atoms. The highest BCUT2D eigenvalue weighted by Crippen LogP contribution is 2.44. The van der Waals surface area contributed by atoms with Crippen LogP contribution in [0.4, 0.5) is 5.69 Å². The van der Waals surface area contributed by atoms with E-state index >= 15 is 0 Å². The second kappa shape index (κ2) is 12.7. The Bertz CT molecular complexity index is 1380. The molecule has 1 fully saturated rings. The molecular formula is C34H33NO3. The van der Waals surface area contributed by atoms with Crippen LogP contribution in [0.2, 0.25) is 0 Å². The van der Waals surface area contributed by atoms with E-state index in [1.165, 1.54) is 6.08 Å². The zero-order chi connectivity index (χ0) is 26.9. The van der Waals surface area contributed by atoms with Crippen molar-refractivity contribution in [3.63, 3.8) is 0 Å². The fourth-order valence-corrected chi connectivity index (χ4v) is 4.52. The molecule has 0 spiro atoms. The van der Waals surface area contributed by atoms with Crippen LogP contribution in [-0.2, 0) is 11.4 Å². The second-order valence-corrected chi connectivity index (χ2v) is 8.95. The molecule has 1 aliphatic heterocycles.